The Morgan fingerprint density at radius 3 is 2.33 bits per heavy atom. The summed E-state index contributed by atoms with van der Waals surface area (Å²) in [6.07, 6.45) is 0.700. The van der Waals surface area contributed by atoms with E-state index in [-0.39, 0.29) is 16.9 Å². The summed E-state index contributed by atoms with van der Waals surface area (Å²) in [5, 5.41) is 25.2. The van der Waals surface area contributed by atoms with E-state index in [1.54, 1.807) is 4.90 Å². The third kappa shape index (κ3) is 4.68. The number of hydrogen-bond donors (Lipinski definition) is 1. The second-order valence-electron chi connectivity index (χ2n) is 6.42. The molecule has 2 aliphatic heterocycles. The number of amides is 1. The van der Waals surface area contributed by atoms with Crippen molar-refractivity contribution in [3.8, 4) is 0 Å². The molecule has 1 aromatic rings. The summed E-state index contributed by atoms with van der Waals surface area (Å²) in [5.74, 6) is -0.596. The van der Waals surface area contributed by atoms with Crippen molar-refractivity contribution < 1.29 is 19.4 Å². The molecule has 27 heavy (non-hydrogen) atoms. The lowest BCUT2D eigenvalue weighted by molar-refractivity contribution is -0.393. The SMILES string of the molecule is O=C(NCCCN1CCOCC1)c1cc(N2CC2)c([N+](=O)[O-])cc1[N+](=O)[O-]. The lowest BCUT2D eigenvalue weighted by Gasteiger charge is -2.26. The van der Waals surface area contributed by atoms with E-state index < -0.39 is 21.4 Å². The highest BCUT2D eigenvalue weighted by atomic mass is 16.6. The van der Waals surface area contributed by atoms with Crippen molar-refractivity contribution in [1.82, 2.24) is 10.2 Å². The molecule has 1 aromatic carbocycles. The van der Waals surface area contributed by atoms with E-state index in [4.69, 9.17) is 4.74 Å². The zero-order valence-corrected chi connectivity index (χ0v) is 14.8. The van der Waals surface area contributed by atoms with Gasteiger partial charge in [-0.15, -0.1) is 0 Å². The minimum absolute atomic E-state index is 0.154. The van der Waals surface area contributed by atoms with Crippen LogP contribution in [-0.2, 0) is 4.74 Å². The Morgan fingerprint density at radius 1 is 1.07 bits per heavy atom. The number of carbonyl (C=O) groups is 1. The maximum absolute atomic E-state index is 12.5. The number of nitrogens with zero attached hydrogens (tertiary/aromatic N) is 4. The van der Waals surface area contributed by atoms with Crippen LogP contribution in [0.25, 0.3) is 0 Å². The van der Waals surface area contributed by atoms with E-state index in [1.807, 2.05) is 0 Å². The van der Waals surface area contributed by atoms with E-state index in [9.17, 15) is 25.0 Å². The van der Waals surface area contributed by atoms with Crippen molar-refractivity contribution in [3.05, 3.63) is 37.9 Å². The Morgan fingerprint density at radius 2 is 1.74 bits per heavy atom. The van der Waals surface area contributed by atoms with Crippen molar-refractivity contribution in [1.29, 1.82) is 0 Å². The van der Waals surface area contributed by atoms with Crippen LogP contribution < -0.4 is 10.2 Å². The Labute approximate surface area is 155 Å². The van der Waals surface area contributed by atoms with Crippen LogP contribution in [0.4, 0.5) is 17.1 Å². The molecule has 0 bridgehead atoms. The Hall–Kier alpha value is -2.79. The van der Waals surface area contributed by atoms with Gasteiger partial charge in [-0.1, -0.05) is 0 Å². The first-order valence-electron chi connectivity index (χ1n) is 8.77. The predicted molar refractivity (Wildman–Crippen MR) is 96.2 cm³/mol. The molecule has 0 saturated carbocycles. The van der Waals surface area contributed by atoms with Gasteiger partial charge in [0.25, 0.3) is 17.3 Å². The van der Waals surface area contributed by atoms with Crippen LogP contribution >= 0.6 is 0 Å². The van der Waals surface area contributed by atoms with E-state index in [2.05, 4.69) is 10.2 Å². The predicted octanol–water partition coefficient (Wildman–Crippen LogP) is 0.775. The summed E-state index contributed by atoms with van der Waals surface area (Å²) in [6, 6.07) is 2.12. The number of rotatable bonds is 8. The Kier molecular flexibility index (Phi) is 5.81. The van der Waals surface area contributed by atoms with Gasteiger partial charge in [-0.2, -0.15) is 0 Å². The molecule has 146 valence electrons. The summed E-state index contributed by atoms with van der Waals surface area (Å²) < 4.78 is 5.27. The number of hydrogen-bond acceptors (Lipinski definition) is 8. The minimum Gasteiger partial charge on any atom is -0.379 e. The van der Waals surface area contributed by atoms with Crippen LogP contribution in [0.3, 0.4) is 0 Å². The highest BCUT2D eigenvalue weighted by Crippen LogP contribution is 2.37. The number of nitro benzene ring substituents is 2. The molecular formula is C16H21N5O6. The zero-order valence-electron chi connectivity index (χ0n) is 14.8. The standard InChI is InChI=1S/C16H21N5O6/c22-16(17-2-1-3-18-6-8-27-9-7-18)12-10-14(19-4-5-19)15(21(25)26)11-13(12)20(23)24/h10-11H,1-9H2,(H,17,22). The number of carbonyl (C=O) groups excluding carboxylic acids is 1. The van der Waals surface area contributed by atoms with Crippen molar-refractivity contribution in [3.63, 3.8) is 0 Å². The number of morpholine rings is 1. The number of benzene rings is 1. The zero-order chi connectivity index (χ0) is 19.4. The smallest absolute Gasteiger partial charge is 0.299 e. The fourth-order valence-corrected chi connectivity index (χ4v) is 3.01. The molecule has 11 nitrogen and oxygen atoms in total. The summed E-state index contributed by atoms with van der Waals surface area (Å²) in [7, 11) is 0. The maximum Gasteiger partial charge on any atom is 0.299 e. The third-order valence-corrected chi connectivity index (χ3v) is 4.56. The van der Waals surface area contributed by atoms with Crippen LogP contribution in [-0.4, -0.2) is 73.1 Å². The molecule has 2 aliphatic rings. The first-order valence-corrected chi connectivity index (χ1v) is 8.77. The van der Waals surface area contributed by atoms with Crippen LogP contribution in [0.1, 0.15) is 16.8 Å². The second-order valence-corrected chi connectivity index (χ2v) is 6.42. The van der Waals surface area contributed by atoms with Crippen LogP contribution in [0.5, 0.6) is 0 Å². The second kappa shape index (κ2) is 8.27. The molecule has 0 atom stereocenters. The number of anilines is 1. The van der Waals surface area contributed by atoms with Crippen LogP contribution in [0.15, 0.2) is 12.1 Å². The summed E-state index contributed by atoms with van der Waals surface area (Å²) >= 11 is 0. The summed E-state index contributed by atoms with van der Waals surface area (Å²) in [4.78, 5) is 37.5. The molecule has 11 heteroatoms. The third-order valence-electron chi connectivity index (χ3n) is 4.56. The fraction of sp³-hybridized carbons (Fsp3) is 0.562. The monoisotopic (exact) mass is 379 g/mol. The van der Waals surface area contributed by atoms with Gasteiger partial charge in [-0.05, 0) is 19.0 Å². The molecule has 2 saturated heterocycles. The van der Waals surface area contributed by atoms with Crippen molar-refractivity contribution >= 4 is 23.0 Å². The van der Waals surface area contributed by atoms with Gasteiger partial charge in [-0.3, -0.25) is 29.9 Å². The molecule has 1 N–H and O–H groups in total. The van der Waals surface area contributed by atoms with E-state index in [0.29, 0.717) is 39.3 Å². The molecule has 0 radical (unpaired) electrons. The molecule has 0 aliphatic carbocycles. The highest BCUT2D eigenvalue weighted by Gasteiger charge is 2.33. The molecule has 2 heterocycles. The summed E-state index contributed by atoms with van der Waals surface area (Å²) in [5.41, 5.74) is -0.830. The number of ether oxygens (including phenoxy) is 1. The van der Waals surface area contributed by atoms with Crippen molar-refractivity contribution in [2.24, 2.45) is 0 Å². The number of nitrogens with one attached hydrogen (secondary N) is 1. The molecule has 0 spiro atoms. The largest absolute Gasteiger partial charge is 0.379 e. The Balaban J connectivity index is 1.68. The quantitative estimate of drug-likeness (QED) is 0.303. The van der Waals surface area contributed by atoms with Gasteiger partial charge < -0.3 is 15.0 Å². The van der Waals surface area contributed by atoms with Crippen LogP contribution in [0.2, 0.25) is 0 Å². The van der Waals surface area contributed by atoms with Gasteiger partial charge in [-0.25, -0.2) is 0 Å². The van der Waals surface area contributed by atoms with Gasteiger partial charge in [0, 0.05) is 32.7 Å². The van der Waals surface area contributed by atoms with Gasteiger partial charge in [0.05, 0.1) is 29.1 Å². The van der Waals surface area contributed by atoms with E-state index in [1.165, 1.54) is 6.07 Å². The first-order chi connectivity index (χ1) is 13.0. The van der Waals surface area contributed by atoms with E-state index in [0.717, 1.165) is 25.7 Å². The van der Waals surface area contributed by atoms with Gasteiger partial charge >= 0.3 is 0 Å². The average Bonchev–Trinajstić information content (AvgIpc) is 3.49. The fourth-order valence-electron chi connectivity index (χ4n) is 3.01. The van der Waals surface area contributed by atoms with E-state index >= 15 is 0 Å². The highest BCUT2D eigenvalue weighted by molar-refractivity contribution is 6.00. The molecule has 0 aromatic heterocycles. The topological polar surface area (TPSA) is 131 Å². The van der Waals surface area contributed by atoms with Gasteiger partial charge in [0.1, 0.15) is 11.3 Å². The van der Waals surface area contributed by atoms with Gasteiger partial charge in [0.15, 0.2) is 0 Å². The lowest BCUT2D eigenvalue weighted by atomic mass is 10.1. The number of nitro groups is 2. The molecule has 1 amide bonds. The molecule has 0 unspecified atom stereocenters. The first kappa shape index (κ1) is 19.0. The van der Waals surface area contributed by atoms with Gasteiger partial charge in [0.2, 0.25) is 0 Å². The molecule has 3 rings (SSSR count). The van der Waals surface area contributed by atoms with Crippen molar-refractivity contribution in [2.75, 3.05) is 57.4 Å². The molecular weight excluding hydrogens is 358 g/mol. The Bertz CT molecular complexity index is 745. The summed E-state index contributed by atoms with van der Waals surface area (Å²) in [6.45, 7) is 5.50. The van der Waals surface area contributed by atoms with Crippen molar-refractivity contribution in [2.45, 2.75) is 6.42 Å². The normalized spacial score (nSPS) is 16.8. The average molecular weight is 379 g/mol. The van der Waals surface area contributed by atoms with Crippen LogP contribution in [0, 0.1) is 20.2 Å². The molecule has 2 fully saturated rings. The minimum atomic E-state index is -0.762. The lowest BCUT2D eigenvalue weighted by Crippen LogP contribution is -2.38. The maximum atomic E-state index is 12.5.